The fourth-order valence-electron chi connectivity index (χ4n) is 0.820. The van der Waals surface area contributed by atoms with Crippen LogP contribution in [0, 0.1) is 9.52 Å². The van der Waals surface area contributed by atoms with Gasteiger partial charge in [-0.25, -0.2) is 18.2 Å². The third-order valence-electron chi connectivity index (χ3n) is 1.46. The Kier molecular flexibility index (Phi) is 3.48. The highest BCUT2D eigenvalue weighted by Crippen LogP contribution is 2.27. The smallest absolute Gasteiger partial charge is 0.269 e. The summed E-state index contributed by atoms with van der Waals surface area (Å²) in [6.45, 7) is -0.629. The van der Waals surface area contributed by atoms with Gasteiger partial charge >= 0.3 is 0 Å². The first-order chi connectivity index (χ1) is 6.07. The summed E-state index contributed by atoms with van der Waals surface area (Å²) < 4.78 is 37.5. The van der Waals surface area contributed by atoms with E-state index in [0.29, 0.717) is 0 Å². The van der Waals surface area contributed by atoms with Crippen molar-refractivity contribution in [2.24, 2.45) is 0 Å². The van der Waals surface area contributed by atoms with Gasteiger partial charge in [0.25, 0.3) is 6.43 Å². The van der Waals surface area contributed by atoms with Crippen molar-refractivity contribution in [3.63, 3.8) is 0 Å². The standard InChI is InChI=1S/C7H5F3INO/c8-5-3(2-13)1-12-7(11)4(5)6(9)10/h1,6,13H,2H2. The molecule has 1 aromatic rings. The van der Waals surface area contributed by atoms with Crippen LogP contribution in [0.15, 0.2) is 6.20 Å². The molecule has 6 heteroatoms. The van der Waals surface area contributed by atoms with E-state index in [9.17, 15) is 13.2 Å². The Morgan fingerprint density at radius 1 is 1.54 bits per heavy atom. The third kappa shape index (κ3) is 2.11. The normalized spacial score (nSPS) is 10.9. The quantitative estimate of drug-likeness (QED) is 0.671. The average Bonchev–Trinajstić information content (AvgIpc) is 2.04. The molecule has 13 heavy (non-hydrogen) atoms. The van der Waals surface area contributed by atoms with E-state index in [1.807, 2.05) is 0 Å². The molecule has 1 N–H and O–H groups in total. The fraction of sp³-hybridized carbons (Fsp3) is 0.286. The number of aromatic nitrogens is 1. The van der Waals surface area contributed by atoms with E-state index in [1.54, 1.807) is 0 Å². The van der Waals surface area contributed by atoms with Gasteiger partial charge in [0, 0.05) is 11.8 Å². The maximum Gasteiger partial charge on any atom is 0.269 e. The third-order valence-corrected chi connectivity index (χ3v) is 2.32. The first-order valence-electron chi connectivity index (χ1n) is 3.29. The average molecular weight is 303 g/mol. The number of nitrogens with zero attached hydrogens (tertiary/aromatic N) is 1. The van der Waals surface area contributed by atoms with E-state index in [2.05, 4.69) is 4.98 Å². The topological polar surface area (TPSA) is 33.1 Å². The summed E-state index contributed by atoms with van der Waals surface area (Å²) in [4.78, 5) is 3.54. The van der Waals surface area contributed by atoms with Crippen LogP contribution in [0.2, 0.25) is 0 Å². The Morgan fingerprint density at radius 2 is 2.15 bits per heavy atom. The maximum absolute atomic E-state index is 13.1. The largest absolute Gasteiger partial charge is 0.392 e. The Hall–Kier alpha value is -0.370. The van der Waals surface area contributed by atoms with Crippen LogP contribution in [0.1, 0.15) is 17.6 Å². The maximum atomic E-state index is 13.1. The number of rotatable bonds is 2. The predicted molar refractivity (Wildman–Crippen MR) is 47.8 cm³/mol. The second kappa shape index (κ2) is 4.23. The summed E-state index contributed by atoms with van der Waals surface area (Å²) >= 11 is 1.52. The van der Waals surface area contributed by atoms with Crippen molar-refractivity contribution in [3.05, 3.63) is 26.8 Å². The van der Waals surface area contributed by atoms with E-state index in [1.165, 1.54) is 22.6 Å². The molecule has 0 unspecified atom stereocenters. The highest BCUT2D eigenvalue weighted by atomic mass is 127. The minimum absolute atomic E-state index is 0.0812. The molecule has 72 valence electrons. The number of pyridine rings is 1. The van der Waals surface area contributed by atoms with Crippen LogP contribution in [0.25, 0.3) is 0 Å². The van der Waals surface area contributed by atoms with Crippen molar-refractivity contribution >= 4 is 22.6 Å². The molecule has 0 bridgehead atoms. The van der Waals surface area contributed by atoms with E-state index < -0.39 is 24.4 Å². The van der Waals surface area contributed by atoms with Gasteiger partial charge in [-0.05, 0) is 22.6 Å². The first kappa shape index (κ1) is 10.7. The summed E-state index contributed by atoms with van der Waals surface area (Å²) in [6, 6.07) is 0. The summed E-state index contributed by atoms with van der Waals surface area (Å²) in [5, 5.41) is 8.59. The molecule has 0 aliphatic carbocycles. The molecule has 0 spiro atoms. The van der Waals surface area contributed by atoms with Gasteiger partial charge in [0.15, 0.2) is 0 Å². The minimum atomic E-state index is -2.91. The zero-order valence-corrected chi connectivity index (χ0v) is 8.43. The van der Waals surface area contributed by atoms with Crippen molar-refractivity contribution in [2.75, 3.05) is 0 Å². The number of aliphatic hydroxyl groups is 1. The molecule has 0 amide bonds. The molecule has 2 nitrogen and oxygen atoms in total. The van der Waals surface area contributed by atoms with Gasteiger partial charge in [-0.3, -0.25) is 0 Å². The van der Waals surface area contributed by atoms with Crippen LogP contribution >= 0.6 is 22.6 Å². The Balaban J connectivity index is 3.30. The minimum Gasteiger partial charge on any atom is -0.392 e. The van der Waals surface area contributed by atoms with Gasteiger partial charge in [0.05, 0.1) is 12.2 Å². The Bertz CT molecular complexity index is 319. The fourth-order valence-corrected chi connectivity index (χ4v) is 1.43. The second-order valence-electron chi connectivity index (χ2n) is 2.26. The lowest BCUT2D eigenvalue weighted by Gasteiger charge is -2.06. The molecule has 0 aliphatic rings. The van der Waals surface area contributed by atoms with Gasteiger partial charge in [-0.2, -0.15) is 0 Å². The van der Waals surface area contributed by atoms with Gasteiger partial charge in [0.2, 0.25) is 0 Å². The van der Waals surface area contributed by atoms with Crippen molar-refractivity contribution in [2.45, 2.75) is 13.0 Å². The summed E-state index contributed by atoms with van der Waals surface area (Å²) in [6.07, 6.45) is -1.87. The molecule has 0 aromatic carbocycles. The van der Waals surface area contributed by atoms with Crippen LogP contribution in [0.4, 0.5) is 13.2 Å². The van der Waals surface area contributed by atoms with Gasteiger partial charge in [-0.1, -0.05) is 0 Å². The molecule has 0 fully saturated rings. The van der Waals surface area contributed by atoms with E-state index in [-0.39, 0.29) is 9.26 Å². The highest BCUT2D eigenvalue weighted by molar-refractivity contribution is 14.1. The predicted octanol–water partition coefficient (Wildman–Crippen LogP) is 2.26. The molecule has 1 aromatic heterocycles. The van der Waals surface area contributed by atoms with Crippen LogP contribution in [-0.2, 0) is 6.61 Å². The van der Waals surface area contributed by atoms with Gasteiger partial charge < -0.3 is 5.11 Å². The Morgan fingerprint density at radius 3 is 2.62 bits per heavy atom. The first-order valence-corrected chi connectivity index (χ1v) is 4.37. The van der Waals surface area contributed by atoms with Crippen LogP contribution in [0.5, 0.6) is 0 Å². The summed E-state index contributed by atoms with van der Waals surface area (Å²) in [7, 11) is 0. The number of alkyl halides is 2. The number of hydrogen-bond donors (Lipinski definition) is 1. The van der Waals surface area contributed by atoms with Gasteiger partial charge in [-0.15, -0.1) is 0 Å². The zero-order valence-electron chi connectivity index (χ0n) is 6.27. The van der Waals surface area contributed by atoms with Crippen molar-refractivity contribution < 1.29 is 18.3 Å². The number of aliphatic hydroxyl groups excluding tert-OH is 1. The van der Waals surface area contributed by atoms with E-state index >= 15 is 0 Å². The molecule has 0 saturated carbocycles. The van der Waals surface area contributed by atoms with Gasteiger partial charge in [0.1, 0.15) is 9.52 Å². The Labute approximate surface area is 85.9 Å². The van der Waals surface area contributed by atoms with Crippen LogP contribution in [0.3, 0.4) is 0 Å². The monoisotopic (exact) mass is 303 g/mol. The molecule has 1 heterocycles. The second-order valence-corrected chi connectivity index (χ2v) is 3.28. The lowest BCUT2D eigenvalue weighted by molar-refractivity contribution is 0.143. The summed E-state index contributed by atoms with van der Waals surface area (Å²) in [5.41, 5.74) is -0.956. The number of hydrogen-bond acceptors (Lipinski definition) is 2. The lowest BCUT2D eigenvalue weighted by Crippen LogP contribution is -2.03. The zero-order chi connectivity index (χ0) is 10.0. The summed E-state index contributed by atoms with van der Waals surface area (Å²) in [5.74, 6) is -1.07. The SMILES string of the molecule is OCc1cnc(I)c(C(F)F)c1F. The molecular weight excluding hydrogens is 298 g/mol. The number of halogens is 4. The van der Waals surface area contributed by atoms with Crippen molar-refractivity contribution in [3.8, 4) is 0 Å². The highest BCUT2D eigenvalue weighted by Gasteiger charge is 2.20. The lowest BCUT2D eigenvalue weighted by atomic mass is 10.2. The molecule has 0 radical (unpaired) electrons. The molecule has 0 aliphatic heterocycles. The van der Waals surface area contributed by atoms with Crippen molar-refractivity contribution in [1.82, 2.24) is 4.98 Å². The van der Waals surface area contributed by atoms with Crippen LogP contribution in [-0.4, -0.2) is 10.1 Å². The molecule has 0 saturated heterocycles. The van der Waals surface area contributed by atoms with Crippen LogP contribution < -0.4 is 0 Å². The van der Waals surface area contributed by atoms with Crippen molar-refractivity contribution in [1.29, 1.82) is 0 Å². The molecule has 0 atom stereocenters. The molecular formula is C7H5F3INO. The van der Waals surface area contributed by atoms with E-state index in [0.717, 1.165) is 6.20 Å². The molecule has 1 rings (SSSR count). The van der Waals surface area contributed by atoms with E-state index in [4.69, 9.17) is 5.11 Å².